The van der Waals surface area contributed by atoms with Crippen LogP contribution in [-0.4, -0.2) is 42.3 Å². The summed E-state index contributed by atoms with van der Waals surface area (Å²) in [6, 6.07) is 4.78. The first kappa shape index (κ1) is 16.9. The summed E-state index contributed by atoms with van der Waals surface area (Å²) in [5, 5.41) is 19.3. The van der Waals surface area contributed by atoms with Crippen LogP contribution in [0.2, 0.25) is 0 Å². The third-order valence-electron chi connectivity index (χ3n) is 4.29. The second-order valence-corrected chi connectivity index (χ2v) is 6.39. The van der Waals surface area contributed by atoms with Crippen LogP contribution in [0.4, 0.5) is 0 Å². The Labute approximate surface area is 131 Å². The summed E-state index contributed by atoms with van der Waals surface area (Å²) in [7, 11) is 0.916. The fourth-order valence-corrected chi connectivity index (χ4v) is 2.22. The maximum Gasteiger partial charge on any atom is 0.492 e. The molecule has 0 spiro atoms. The Bertz CT molecular complexity index is 564. The molecule has 5 nitrogen and oxygen atoms in total. The second-order valence-electron chi connectivity index (χ2n) is 6.39. The fourth-order valence-electron chi connectivity index (χ4n) is 2.22. The minimum atomic E-state index is -0.637. The Balaban J connectivity index is 2.35. The fraction of sp³-hybridized carbons (Fsp3) is 0.500. The molecular weight excluding hydrogens is 283 g/mol. The standard InChI is InChI=1S/C16H23BO5/c1-15(2)16(3,4)22-17(21-15)12(10-18)8-11-9-13(19)6-7-14(11)20-5/h6-9,18-19H,10H2,1-5H3. The highest BCUT2D eigenvalue weighted by molar-refractivity contribution is 6.55. The first-order valence-electron chi connectivity index (χ1n) is 7.24. The van der Waals surface area contributed by atoms with Crippen LogP contribution in [0.3, 0.4) is 0 Å². The molecule has 22 heavy (non-hydrogen) atoms. The smallest absolute Gasteiger partial charge is 0.492 e. The van der Waals surface area contributed by atoms with Gasteiger partial charge in [-0.2, -0.15) is 0 Å². The topological polar surface area (TPSA) is 68.2 Å². The number of aliphatic hydroxyl groups excluding tert-OH is 1. The van der Waals surface area contributed by atoms with E-state index in [0.717, 1.165) is 0 Å². The summed E-state index contributed by atoms with van der Waals surface area (Å²) in [5.41, 5.74) is 0.271. The van der Waals surface area contributed by atoms with Crippen molar-refractivity contribution in [3.63, 3.8) is 0 Å². The molecule has 1 fully saturated rings. The molecule has 2 N–H and O–H groups in total. The normalized spacial score (nSPS) is 20.3. The summed E-state index contributed by atoms with van der Waals surface area (Å²) in [6.45, 7) is 7.61. The van der Waals surface area contributed by atoms with Gasteiger partial charge < -0.3 is 24.3 Å². The number of rotatable bonds is 4. The molecule has 0 radical (unpaired) electrons. The monoisotopic (exact) mass is 306 g/mol. The van der Waals surface area contributed by atoms with Crippen LogP contribution < -0.4 is 4.74 Å². The van der Waals surface area contributed by atoms with E-state index in [1.54, 1.807) is 31.4 Å². The quantitative estimate of drug-likeness (QED) is 0.836. The minimum Gasteiger partial charge on any atom is -0.508 e. The molecule has 0 aromatic heterocycles. The lowest BCUT2D eigenvalue weighted by atomic mass is 9.77. The van der Waals surface area contributed by atoms with E-state index in [-0.39, 0.29) is 12.4 Å². The van der Waals surface area contributed by atoms with Gasteiger partial charge in [0.25, 0.3) is 0 Å². The van der Waals surface area contributed by atoms with E-state index in [1.165, 1.54) is 0 Å². The van der Waals surface area contributed by atoms with Crippen molar-refractivity contribution in [3.8, 4) is 11.5 Å². The van der Waals surface area contributed by atoms with E-state index < -0.39 is 18.3 Å². The number of hydrogen-bond acceptors (Lipinski definition) is 5. The summed E-state index contributed by atoms with van der Waals surface area (Å²) in [4.78, 5) is 0. The van der Waals surface area contributed by atoms with Crippen molar-refractivity contribution in [2.24, 2.45) is 0 Å². The van der Waals surface area contributed by atoms with E-state index in [4.69, 9.17) is 14.0 Å². The number of ether oxygens (including phenoxy) is 1. The molecular formula is C16H23BO5. The molecule has 0 atom stereocenters. The molecule has 1 aromatic carbocycles. The minimum absolute atomic E-state index is 0.123. The van der Waals surface area contributed by atoms with Crippen molar-refractivity contribution in [2.75, 3.05) is 13.7 Å². The van der Waals surface area contributed by atoms with Crippen LogP contribution in [0.25, 0.3) is 6.08 Å². The number of aliphatic hydroxyl groups is 1. The van der Waals surface area contributed by atoms with Crippen molar-refractivity contribution >= 4 is 13.2 Å². The van der Waals surface area contributed by atoms with Gasteiger partial charge in [-0.05, 0) is 51.4 Å². The highest BCUT2D eigenvalue weighted by atomic mass is 16.7. The van der Waals surface area contributed by atoms with Crippen molar-refractivity contribution < 1.29 is 24.3 Å². The van der Waals surface area contributed by atoms with E-state index >= 15 is 0 Å². The van der Waals surface area contributed by atoms with Crippen molar-refractivity contribution in [2.45, 2.75) is 38.9 Å². The molecule has 0 saturated carbocycles. The van der Waals surface area contributed by atoms with Crippen molar-refractivity contribution in [1.82, 2.24) is 0 Å². The summed E-state index contributed by atoms with van der Waals surface area (Å²) in [5.74, 6) is 0.721. The molecule has 0 bridgehead atoms. The maximum absolute atomic E-state index is 9.69. The average Bonchev–Trinajstić information content (AvgIpc) is 2.64. The number of methoxy groups -OCH3 is 1. The van der Waals surface area contributed by atoms with Crippen LogP contribution in [0, 0.1) is 0 Å². The number of phenols is 1. The highest BCUT2D eigenvalue weighted by Crippen LogP contribution is 2.39. The third kappa shape index (κ3) is 3.14. The first-order chi connectivity index (χ1) is 10.2. The van der Waals surface area contributed by atoms with Gasteiger partial charge in [0.05, 0.1) is 24.9 Å². The average molecular weight is 306 g/mol. The van der Waals surface area contributed by atoms with E-state index in [0.29, 0.717) is 16.8 Å². The Hall–Kier alpha value is -1.50. The predicted octanol–water partition coefficient (Wildman–Crippen LogP) is 2.41. The van der Waals surface area contributed by atoms with Crippen LogP contribution in [0.15, 0.2) is 23.7 Å². The number of aromatic hydroxyl groups is 1. The third-order valence-corrected chi connectivity index (χ3v) is 4.29. The lowest BCUT2D eigenvalue weighted by Crippen LogP contribution is -2.41. The maximum atomic E-state index is 9.69. The number of phenolic OH excluding ortho intramolecular Hbond substituents is 1. The SMILES string of the molecule is COc1ccc(O)cc1C=C(CO)B1OC(C)(C)C(C)(C)O1. The van der Waals surface area contributed by atoms with Crippen LogP contribution in [0.5, 0.6) is 11.5 Å². The molecule has 1 aliphatic heterocycles. The van der Waals surface area contributed by atoms with Crippen LogP contribution in [0.1, 0.15) is 33.3 Å². The lowest BCUT2D eigenvalue weighted by molar-refractivity contribution is 0.00578. The summed E-state index contributed by atoms with van der Waals surface area (Å²) < 4.78 is 17.1. The molecule has 0 amide bonds. The van der Waals surface area contributed by atoms with Gasteiger partial charge in [-0.1, -0.05) is 6.08 Å². The van der Waals surface area contributed by atoms with Gasteiger partial charge in [-0.3, -0.25) is 0 Å². The van der Waals surface area contributed by atoms with E-state index in [2.05, 4.69) is 0 Å². The van der Waals surface area contributed by atoms with Gasteiger partial charge in [0.2, 0.25) is 0 Å². The second kappa shape index (κ2) is 5.95. The van der Waals surface area contributed by atoms with Gasteiger partial charge >= 0.3 is 7.12 Å². The van der Waals surface area contributed by atoms with Gasteiger partial charge in [-0.15, -0.1) is 0 Å². The molecule has 2 rings (SSSR count). The largest absolute Gasteiger partial charge is 0.508 e. The van der Waals surface area contributed by atoms with Crippen molar-refractivity contribution in [3.05, 3.63) is 29.2 Å². The molecule has 1 aromatic rings. The molecule has 0 aliphatic carbocycles. The summed E-state index contributed by atoms with van der Waals surface area (Å²) in [6.07, 6.45) is 1.72. The zero-order chi connectivity index (χ0) is 16.5. The first-order valence-corrected chi connectivity index (χ1v) is 7.24. The van der Waals surface area contributed by atoms with Gasteiger partial charge in [-0.25, -0.2) is 0 Å². The molecule has 120 valence electrons. The molecule has 1 aliphatic rings. The number of benzene rings is 1. The van der Waals surface area contributed by atoms with Crippen LogP contribution >= 0.6 is 0 Å². The molecule has 6 heteroatoms. The molecule has 1 saturated heterocycles. The van der Waals surface area contributed by atoms with E-state index in [1.807, 2.05) is 27.7 Å². The Morgan fingerprint density at radius 2 is 1.82 bits per heavy atom. The van der Waals surface area contributed by atoms with Crippen molar-refractivity contribution in [1.29, 1.82) is 0 Å². The Morgan fingerprint density at radius 3 is 2.32 bits per heavy atom. The Kier molecular flexibility index (Phi) is 4.56. The predicted molar refractivity (Wildman–Crippen MR) is 85.8 cm³/mol. The zero-order valence-electron chi connectivity index (χ0n) is 13.7. The van der Waals surface area contributed by atoms with Crippen LogP contribution in [-0.2, 0) is 9.31 Å². The van der Waals surface area contributed by atoms with Gasteiger partial charge in [0.15, 0.2) is 0 Å². The number of hydrogen-bond donors (Lipinski definition) is 2. The summed E-state index contributed by atoms with van der Waals surface area (Å²) >= 11 is 0. The van der Waals surface area contributed by atoms with Gasteiger partial charge in [0.1, 0.15) is 11.5 Å². The lowest BCUT2D eigenvalue weighted by Gasteiger charge is -2.32. The molecule has 1 heterocycles. The Morgan fingerprint density at radius 1 is 1.23 bits per heavy atom. The molecule has 0 unspecified atom stereocenters. The van der Waals surface area contributed by atoms with E-state index in [9.17, 15) is 10.2 Å². The zero-order valence-corrected chi connectivity index (χ0v) is 13.7. The highest BCUT2D eigenvalue weighted by Gasteiger charge is 2.52. The van der Waals surface area contributed by atoms with Gasteiger partial charge in [0, 0.05) is 5.56 Å².